The average Bonchev–Trinajstić information content (AvgIpc) is 2.86. The molecule has 6 heteroatoms. The van der Waals surface area contributed by atoms with Crippen molar-refractivity contribution in [2.75, 3.05) is 11.9 Å². The zero-order valence-electron chi connectivity index (χ0n) is 12.9. The van der Waals surface area contributed by atoms with E-state index in [1.165, 1.54) is 0 Å². The molecule has 0 spiro atoms. The lowest BCUT2D eigenvalue weighted by molar-refractivity contribution is 0.218. The number of nitrogens with one attached hydrogen (secondary N) is 2. The monoisotopic (exact) mass is 302 g/mol. The van der Waals surface area contributed by atoms with E-state index in [1.807, 2.05) is 50.4 Å². The Labute approximate surface area is 130 Å². The van der Waals surface area contributed by atoms with Crippen LogP contribution in [0.1, 0.15) is 25.8 Å². The molecular weight excluding hydrogens is 280 g/mol. The number of carbonyl (C=O) groups is 1. The van der Waals surface area contributed by atoms with Crippen LogP contribution in [-0.2, 0) is 6.54 Å². The van der Waals surface area contributed by atoms with E-state index in [1.54, 1.807) is 10.7 Å². The van der Waals surface area contributed by atoms with Crippen molar-refractivity contribution in [3.05, 3.63) is 48.2 Å². The van der Waals surface area contributed by atoms with Crippen LogP contribution in [0.25, 0.3) is 0 Å². The number of aliphatic hydroxyl groups excluding tert-OH is 1. The van der Waals surface area contributed by atoms with E-state index in [4.69, 9.17) is 5.11 Å². The Morgan fingerprint density at radius 3 is 2.68 bits per heavy atom. The fraction of sp³-hybridized carbons (Fsp3) is 0.375. The molecule has 2 rings (SSSR count). The Morgan fingerprint density at radius 2 is 2.00 bits per heavy atom. The standard InChI is InChI=1S/C16H22N4O2/c1-16(2,9-11-21)18-15(22)17-14-8-10-20(19-14)12-13-6-4-3-5-7-13/h3-8,10,21H,9,11-12H2,1-2H3,(H2,17,18,19,22). The lowest BCUT2D eigenvalue weighted by atomic mass is 10.0. The van der Waals surface area contributed by atoms with Gasteiger partial charge in [-0.3, -0.25) is 10.00 Å². The van der Waals surface area contributed by atoms with Crippen LogP contribution in [0.3, 0.4) is 0 Å². The van der Waals surface area contributed by atoms with Crippen molar-refractivity contribution in [3.8, 4) is 0 Å². The van der Waals surface area contributed by atoms with E-state index in [2.05, 4.69) is 15.7 Å². The van der Waals surface area contributed by atoms with E-state index in [-0.39, 0.29) is 12.6 Å². The van der Waals surface area contributed by atoms with Crippen molar-refractivity contribution in [1.82, 2.24) is 15.1 Å². The first kappa shape index (κ1) is 16.0. The molecule has 2 amide bonds. The molecule has 118 valence electrons. The van der Waals surface area contributed by atoms with Crippen molar-refractivity contribution in [2.45, 2.75) is 32.4 Å². The molecule has 0 aliphatic carbocycles. The Kier molecular flexibility index (Phi) is 5.16. The number of benzene rings is 1. The van der Waals surface area contributed by atoms with Crippen LogP contribution in [0.15, 0.2) is 42.6 Å². The molecule has 0 aliphatic heterocycles. The maximum atomic E-state index is 11.9. The first-order valence-electron chi connectivity index (χ1n) is 7.26. The van der Waals surface area contributed by atoms with Crippen LogP contribution >= 0.6 is 0 Å². The van der Waals surface area contributed by atoms with Gasteiger partial charge in [0, 0.05) is 24.4 Å². The maximum absolute atomic E-state index is 11.9. The first-order chi connectivity index (χ1) is 10.5. The fourth-order valence-corrected chi connectivity index (χ4v) is 2.08. The van der Waals surface area contributed by atoms with E-state index in [0.717, 1.165) is 5.56 Å². The number of aliphatic hydroxyl groups is 1. The fourth-order valence-electron chi connectivity index (χ4n) is 2.08. The lowest BCUT2D eigenvalue weighted by Gasteiger charge is -2.25. The summed E-state index contributed by atoms with van der Waals surface area (Å²) in [6.07, 6.45) is 2.31. The number of urea groups is 1. The third-order valence-corrected chi connectivity index (χ3v) is 3.26. The van der Waals surface area contributed by atoms with Gasteiger partial charge in [0.2, 0.25) is 0 Å². The van der Waals surface area contributed by atoms with Gasteiger partial charge in [0.1, 0.15) is 0 Å². The number of amides is 2. The van der Waals surface area contributed by atoms with Gasteiger partial charge in [-0.25, -0.2) is 4.79 Å². The summed E-state index contributed by atoms with van der Waals surface area (Å²) in [7, 11) is 0. The molecule has 2 aromatic rings. The van der Waals surface area contributed by atoms with Gasteiger partial charge in [-0.15, -0.1) is 0 Å². The molecule has 0 bridgehead atoms. The zero-order valence-corrected chi connectivity index (χ0v) is 12.9. The largest absolute Gasteiger partial charge is 0.396 e. The summed E-state index contributed by atoms with van der Waals surface area (Å²) in [5, 5.41) is 18.8. The predicted molar refractivity (Wildman–Crippen MR) is 85.7 cm³/mol. The highest BCUT2D eigenvalue weighted by molar-refractivity contribution is 5.88. The highest BCUT2D eigenvalue weighted by Crippen LogP contribution is 2.09. The zero-order chi connectivity index (χ0) is 16.0. The second-order valence-corrected chi connectivity index (χ2v) is 5.82. The van der Waals surface area contributed by atoms with Crippen molar-refractivity contribution < 1.29 is 9.90 Å². The summed E-state index contributed by atoms with van der Waals surface area (Å²) >= 11 is 0. The van der Waals surface area contributed by atoms with Crippen molar-refractivity contribution in [3.63, 3.8) is 0 Å². The van der Waals surface area contributed by atoms with Crippen LogP contribution in [0.4, 0.5) is 10.6 Å². The van der Waals surface area contributed by atoms with Gasteiger partial charge in [0.05, 0.1) is 6.54 Å². The minimum Gasteiger partial charge on any atom is -0.396 e. The third-order valence-electron chi connectivity index (χ3n) is 3.26. The number of aromatic nitrogens is 2. The summed E-state index contributed by atoms with van der Waals surface area (Å²) in [4.78, 5) is 11.9. The third kappa shape index (κ3) is 4.89. The van der Waals surface area contributed by atoms with Crippen LogP contribution in [0, 0.1) is 0 Å². The molecule has 1 aromatic heterocycles. The number of anilines is 1. The van der Waals surface area contributed by atoms with Gasteiger partial charge in [-0.05, 0) is 25.8 Å². The first-order valence-corrected chi connectivity index (χ1v) is 7.26. The number of hydrogen-bond donors (Lipinski definition) is 3. The van der Waals surface area contributed by atoms with Crippen molar-refractivity contribution in [1.29, 1.82) is 0 Å². The van der Waals surface area contributed by atoms with E-state index in [0.29, 0.717) is 18.8 Å². The van der Waals surface area contributed by atoms with Gasteiger partial charge >= 0.3 is 6.03 Å². The quantitative estimate of drug-likeness (QED) is 0.765. The molecule has 0 fully saturated rings. The summed E-state index contributed by atoms with van der Waals surface area (Å²) in [6, 6.07) is 11.4. The van der Waals surface area contributed by atoms with Crippen LogP contribution in [0.2, 0.25) is 0 Å². The van der Waals surface area contributed by atoms with E-state index in [9.17, 15) is 4.79 Å². The molecule has 6 nitrogen and oxygen atoms in total. The second kappa shape index (κ2) is 7.09. The Bertz CT molecular complexity index is 608. The highest BCUT2D eigenvalue weighted by atomic mass is 16.3. The van der Waals surface area contributed by atoms with Crippen LogP contribution in [-0.4, -0.2) is 33.1 Å². The summed E-state index contributed by atoms with van der Waals surface area (Å²) in [5.74, 6) is 0.494. The molecule has 0 saturated heterocycles. The molecule has 0 unspecified atom stereocenters. The van der Waals surface area contributed by atoms with Crippen LogP contribution < -0.4 is 10.6 Å². The molecule has 0 saturated carbocycles. The topological polar surface area (TPSA) is 79.2 Å². The summed E-state index contributed by atoms with van der Waals surface area (Å²) in [5.41, 5.74) is 0.677. The van der Waals surface area contributed by atoms with Gasteiger partial charge in [-0.2, -0.15) is 5.10 Å². The number of carbonyl (C=O) groups excluding carboxylic acids is 1. The SMILES string of the molecule is CC(C)(CCO)NC(=O)Nc1ccn(Cc2ccccc2)n1. The second-order valence-electron chi connectivity index (χ2n) is 5.82. The molecule has 1 aromatic carbocycles. The Morgan fingerprint density at radius 1 is 1.27 bits per heavy atom. The van der Waals surface area contributed by atoms with Gasteiger partial charge < -0.3 is 10.4 Å². The summed E-state index contributed by atoms with van der Waals surface area (Å²) < 4.78 is 1.77. The summed E-state index contributed by atoms with van der Waals surface area (Å²) in [6.45, 7) is 4.40. The Hall–Kier alpha value is -2.34. The molecule has 3 N–H and O–H groups in total. The average molecular weight is 302 g/mol. The van der Waals surface area contributed by atoms with Gasteiger partial charge in [0.25, 0.3) is 0 Å². The highest BCUT2D eigenvalue weighted by Gasteiger charge is 2.19. The van der Waals surface area contributed by atoms with Crippen molar-refractivity contribution in [2.24, 2.45) is 0 Å². The van der Waals surface area contributed by atoms with E-state index < -0.39 is 5.54 Å². The normalized spacial score (nSPS) is 11.2. The van der Waals surface area contributed by atoms with E-state index >= 15 is 0 Å². The van der Waals surface area contributed by atoms with Gasteiger partial charge in [-0.1, -0.05) is 30.3 Å². The lowest BCUT2D eigenvalue weighted by Crippen LogP contribution is -2.46. The predicted octanol–water partition coefficient (Wildman–Crippen LogP) is 2.21. The minimum atomic E-state index is -0.467. The molecule has 1 heterocycles. The molecule has 0 aliphatic rings. The van der Waals surface area contributed by atoms with Crippen LogP contribution in [0.5, 0.6) is 0 Å². The molecule has 22 heavy (non-hydrogen) atoms. The minimum absolute atomic E-state index is 0.0268. The molecular formula is C16H22N4O2. The number of nitrogens with zero attached hydrogens (tertiary/aromatic N) is 2. The number of hydrogen-bond acceptors (Lipinski definition) is 3. The molecule has 0 atom stereocenters. The smallest absolute Gasteiger partial charge is 0.320 e. The Balaban J connectivity index is 1.90. The van der Waals surface area contributed by atoms with Crippen molar-refractivity contribution >= 4 is 11.8 Å². The van der Waals surface area contributed by atoms with Gasteiger partial charge in [0.15, 0.2) is 5.82 Å². The molecule has 0 radical (unpaired) electrons. The maximum Gasteiger partial charge on any atom is 0.320 e. The number of rotatable bonds is 6.